The predicted molar refractivity (Wildman–Crippen MR) is 136 cm³/mol. The fraction of sp³-hybridized carbons (Fsp3) is 0.360. The lowest BCUT2D eigenvalue weighted by atomic mass is 9.98. The van der Waals surface area contributed by atoms with Gasteiger partial charge in [0.1, 0.15) is 28.7 Å². The molecule has 3 aromatic heterocycles. The van der Waals surface area contributed by atoms with E-state index >= 15 is 0 Å². The largest absolute Gasteiger partial charge is 0.397 e. The zero-order valence-corrected chi connectivity index (χ0v) is 20.6. The Labute approximate surface area is 206 Å². The highest BCUT2D eigenvalue weighted by Gasteiger charge is 2.30. The van der Waals surface area contributed by atoms with Crippen molar-refractivity contribution in [2.45, 2.75) is 38.5 Å². The number of carbonyl (C=O) groups is 2. The lowest BCUT2D eigenvalue weighted by Crippen LogP contribution is -2.40. The van der Waals surface area contributed by atoms with Crippen LogP contribution in [0.2, 0.25) is 0 Å². The number of nitrogens with one attached hydrogen (secondary N) is 1. The Morgan fingerprint density at radius 1 is 1.20 bits per heavy atom. The Bertz CT molecular complexity index is 1410. The highest BCUT2D eigenvalue weighted by molar-refractivity contribution is 7.21. The van der Waals surface area contributed by atoms with Crippen LogP contribution in [0.3, 0.4) is 0 Å². The molecule has 1 aromatic carbocycles. The minimum atomic E-state index is -0.221. The molecule has 0 spiro atoms. The van der Waals surface area contributed by atoms with Crippen LogP contribution >= 0.6 is 11.3 Å². The Balaban J connectivity index is 1.46. The number of fused-ring (bicyclic) bond motifs is 2. The molecule has 9 nitrogen and oxygen atoms in total. The fourth-order valence-electron chi connectivity index (χ4n) is 4.78. The van der Waals surface area contributed by atoms with Crippen LogP contribution in [0.1, 0.15) is 46.5 Å². The van der Waals surface area contributed by atoms with E-state index in [1.54, 1.807) is 14.2 Å². The van der Waals surface area contributed by atoms with Crippen molar-refractivity contribution in [3.63, 3.8) is 0 Å². The van der Waals surface area contributed by atoms with Gasteiger partial charge in [-0.3, -0.25) is 9.59 Å². The average Bonchev–Trinajstić information content (AvgIpc) is 3.40. The van der Waals surface area contributed by atoms with Crippen molar-refractivity contribution in [1.82, 2.24) is 24.8 Å². The summed E-state index contributed by atoms with van der Waals surface area (Å²) in [6.45, 7) is 1.19. The van der Waals surface area contributed by atoms with Gasteiger partial charge in [0.05, 0.1) is 28.5 Å². The number of imidazole rings is 1. The van der Waals surface area contributed by atoms with Gasteiger partial charge < -0.3 is 25.3 Å². The van der Waals surface area contributed by atoms with E-state index in [-0.39, 0.29) is 24.4 Å². The summed E-state index contributed by atoms with van der Waals surface area (Å²) in [5, 5.41) is 3.39. The zero-order valence-electron chi connectivity index (χ0n) is 19.8. The normalized spacial score (nSPS) is 16.2. The molecule has 1 saturated heterocycles. The second kappa shape index (κ2) is 9.63. The van der Waals surface area contributed by atoms with Crippen LogP contribution in [0.15, 0.2) is 36.4 Å². The molecule has 0 aliphatic carbocycles. The fourth-order valence-corrected chi connectivity index (χ4v) is 5.83. The van der Waals surface area contributed by atoms with E-state index in [4.69, 9.17) is 15.5 Å². The number of benzene rings is 1. The van der Waals surface area contributed by atoms with Crippen LogP contribution in [0.4, 0.5) is 5.69 Å². The lowest BCUT2D eigenvalue weighted by molar-refractivity contribution is -0.135. The smallest absolute Gasteiger partial charge is 0.263 e. The van der Waals surface area contributed by atoms with E-state index in [1.165, 1.54) is 11.3 Å². The highest BCUT2D eigenvalue weighted by atomic mass is 32.1. The number of rotatable bonds is 6. The topological polar surface area (TPSA) is 115 Å². The van der Waals surface area contributed by atoms with Crippen LogP contribution in [-0.4, -0.2) is 52.0 Å². The van der Waals surface area contributed by atoms with E-state index in [2.05, 4.69) is 10.3 Å². The van der Waals surface area contributed by atoms with Gasteiger partial charge in [-0.2, -0.15) is 0 Å². The molecule has 4 aromatic rings. The van der Waals surface area contributed by atoms with E-state index in [0.717, 1.165) is 47.2 Å². The summed E-state index contributed by atoms with van der Waals surface area (Å²) in [5.74, 6) is 0.528. The minimum Gasteiger partial charge on any atom is -0.397 e. The number of piperidine rings is 1. The number of aromatic nitrogens is 3. The van der Waals surface area contributed by atoms with Gasteiger partial charge in [0, 0.05) is 26.1 Å². The van der Waals surface area contributed by atoms with Crippen molar-refractivity contribution in [2.75, 3.05) is 26.4 Å². The molecule has 35 heavy (non-hydrogen) atoms. The van der Waals surface area contributed by atoms with Crippen molar-refractivity contribution in [3.05, 3.63) is 52.8 Å². The summed E-state index contributed by atoms with van der Waals surface area (Å²) in [4.78, 5) is 38.4. The van der Waals surface area contributed by atoms with E-state index in [0.29, 0.717) is 28.5 Å². The molecule has 1 aliphatic rings. The minimum absolute atomic E-state index is 0.0221. The number of hydrogen-bond acceptors (Lipinski definition) is 7. The number of hydrogen-bond donors (Lipinski definition) is 2. The first-order chi connectivity index (χ1) is 17.0. The van der Waals surface area contributed by atoms with Gasteiger partial charge in [0.25, 0.3) is 5.91 Å². The van der Waals surface area contributed by atoms with Gasteiger partial charge >= 0.3 is 0 Å². The number of nitrogens with two attached hydrogens (primary N) is 1. The number of anilines is 1. The second-order valence-electron chi connectivity index (χ2n) is 8.65. The molecule has 4 heterocycles. The number of pyridine rings is 1. The van der Waals surface area contributed by atoms with Crippen LogP contribution in [-0.2, 0) is 22.7 Å². The van der Waals surface area contributed by atoms with Crippen molar-refractivity contribution in [1.29, 1.82) is 0 Å². The van der Waals surface area contributed by atoms with Crippen LogP contribution in [0, 0.1) is 0 Å². The molecule has 0 radical (unpaired) electrons. The first-order valence-corrected chi connectivity index (χ1v) is 12.5. The summed E-state index contributed by atoms with van der Waals surface area (Å²) in [6.07, 6.45) is 2.81. The van der Waals surface area contributed by atoms with Gasteiger partial charge in [0.15, 0.2) is 0 Å². The Morgan fingerprint density at radius 2 is 2.03 bits per heavy atom. The maximum atomic E-state index is 13.6. The van der Waals surface area contributed by atoms with Gasteiger partial charge in [-0.15, -0.1) is 11.3 Å². The molecule has 10 heteroatoms. The number of ether oxygens (including phenoxy) is 1. The summed E-state index contributed by atoms with van der Waals surface area (Å²) in [7, 11) is 3.21. The SMILES string of the molecule is CNC(=O)c1sc2nc([C@@H]3CCCCN3C(=O)Cn3c(COC)nc4ccccc43)ccc2c1N. The third-order valence-corrected chi connectivity index (χ3v) is 7.63. The van der Waals surface area contributed by atoms with Gasteiger partial charge in [0.2, 0.25) is 5.91 Å². The third kappa shape index (κ3) is 4.23. The first kappa shape index (κ1) is 23.3. The molecule has 3 N–H and O–H groups in total. The third-order valence-electron chi connectivity index (χ3n) is 6.51. The van der Waals surface area contributed by atoms with Crippen molar-refractivity contribution in [3.8, 4) is 0 Å². The predicted octanol–water partition coefficient (Wildman–Crippen LogP) is 3.49. The Morgan fingerprint density at radius 3 is 2.83 bits per heavy atom. The summed E-state index contributed by atoms with van der Waals surface area (Å²) >= 11 is 1.28. The van der Waals surface area contributed by atoms with Crippen molar-refractivity contribution in [2.24, 2.45) is 0 Å². The van der Waals surface area contributed by atoms with Gasteiger partial charge in [-0.25, -0.2) is 9.97 Å². The molecule has 0 unspecified atom stereocenters. The molecule has 0 saturated carbocycles. The molecule has 2 amide bonds. The van der Waals surface area contributed by atoms with Gasteiger partial charge in [-0.1, -0.05) is 12.1 Å². The molecule has 182 valence electrons. The number of amides is 2. The molecule has 5 rings (SSSR count). The average molecular weight is 493 g/mol. The standard InChI is InChI=1S/C25H28N6O3S/c1-27-24(33)23-22(26)15-10-11-17(29-25(15)35-23)18-9-5-6-12-30(18)21(32)13-31-19-8-4-3-7-16(19)28-20(31)14-34-2/h3-4,7-8,10-11,18H,5-6,9,12-14,26H2,1-2H3,(H,27,33)/t18-/m0/s1. The number of carbonyl (C=O) groups excluding carboxylic acids is 2. The monoisotopic (exact) mass is 492 g/mol. The Hall–Kier alpha value is -3.50. The molecular formula is C25H28N6O3S. The maximum Gasteiger partial charge on any atom is 0.263 e. The molecule has 1 aliphatic heterocycles. The van der Waals surface area contributed by atoms with E-state index in [9.17, 15) is 9.59 Å². The van der Waals surface area contributed by atoms with E-state index in [1.807, 2.05) is 45.9 Å². The maximum absolute atomic E-state index is 13.6. The van der Waals surface area contributed by atoms with Crippen molar-refractivity contribution >= 4 is 50.1 Å². The molecular weight excluding hydrogens is 464 g/mol. The number of likely N-dealkylation sites (tertiary alicyclic amines) is 1. The number of methoxy groups -OCH3 is 1. The quantitative estimate of drug-likeness (QED) is 0.426. The summed E-state index contributed by atoms with van der Waals surface area (Å²) in [6, 6.07) is 11.5. The van der Waals surface area contributed by atoms with Crippen molar-refractivity contribution < 1.29 is 14.3 Å². The van der Waals surface area contributed by atoms with E-state index < -0.39 is 0 Å². The molecule has 1 atom stereocenters. The van der Waals surface area contributed by atoms with Crippen LogP contribution in [0.5, 0.6) is 0 Å². The molecule has 1 fully saturated rings. The summed E-state index contributed by atoms with van der Waals surface area (Å²) < 4.78 is 7.28. The second-order valence-corrected chi connectivity index (χ2v) is 9.65. The van der Waals surface area contributed by atoms with Crippen LogP contribution < -0.4 is 11.1 Å². The lowest BCUT2D eigenvalue weighted by Gasteiger charge is -2.35. The Kier molecular flexibility index (Phi) is 6.40. The number of nitrogen functional groups attached to an aromatic ring is 1. The highest BCUT2D eigenvalue weighted by Crippen LogP contribution is 2.36. The zero-order chi connectivity index (χ0) is 24.5. The molecule has 0 bridgehead atoms. The summed E-state index contributed by atoms with van der Waals surface area (Å²) in [5.41, 5.74) is 9.23. The number of nitrogens with zero attached hydrogens (tertiary/aromatic N) is 4. The number of thiophene rings is 1. The van der Waals surface area contributed by atoms with Gasteiger partial charge in [-0.05, 0) is 43.5 Å². The first-order valence-electron chi connectivity index (χ1n) is 11.7. The number of para-hydroxylation sites is 2. The van der Waals surface area contributed by atoms with Crippen LogP contribution in [0.25, 0.3) is 21.3 Å².